The molecule has 0 aliphatic heterocycles. The Morgan fingerprint density at radius 2 is 2.16 bits per heavy atom. The van der Waals surface area contributed by atoms with Gasteiger partial charge in [-0.05, 0) is 56.0 Å². The molecule has 1 saturated carbocycles. The molecule has 0 radical (unpaired) electrons. The number of halogens is 1. The van der Waals surface area contributed by atoms with E-state index in [1.54, 1.807) is 6.92 Å². The van der Waals surface area contributed by atoms with Crippen molar-refractivity contribution in [1.29, 1.82) is 0 Å². The van der Waals surface area contributed by atoms with E-state index >= 15 is 0 Å². The van der Waals surface area contributed by atoms with Gasteiger partial charge >= 0.3 is 0 Å². The summed E-state index contributed by atoms with van der Waals surface area (Å²) in [6, 6.07) is 3.71. The lowest BCUT2D eigenvalue weighted by Crippen LogP contribution is -2.39. The quantitative estimate of drug-likeness (QED) is 0.882. The molecule has 2 rings (SSSR count). The van der Waals surface area contributed by atoms with E-state index in [0.717, 1.165) is 19.3 Å². The Bertz CT molecular complexity index is 560. The van der Waals surface area contributed by atoms with Gasteiger partial charge in [0.15, 0.2) is 0 Å². The smallest absolute Gasteiger partial charge is 0.240 e. The van der Waals surface area contributed by atoms with E-state index in [-0.39, 0.29) is 16.9 Å². The van der Waals surface area contributed by atoms with E-state index in [0.29, 0.717) is 12.1 Å². The number of nitrogens with two attached hydrogens (primary N) is 1. The maximum atomic E-state index is 13.2. The molecule has 0 bridgehead atoms. The third kappa shape index (κ3) is 3.13. The monoisotopic (exact) mass is 286 g/mol. The third-order valence-corrected chi connectivity index (χ3v) is 5.20. The van der Waals surface area contributed by atoms with Crippen LogP contribution >= 0.6 is 0 Å². The topological polar surface area (TPSA) is 72.2 Å². The van der Waals surface area contributed by atoms with Gasteiger partial charge in [-0.25, -0.2) is 17.5 Å². The molecule has 106 valence electrons. The molecule has 1 aliphatic carbocycles. The maximum Gasteiger partial charge on any atom is 0.240 e. The van der Waals surface area contributed by atoms with Crippen molar-refractivity contribution < 1.29 is 12.8 Å². The predicted molar refractivity (Wildman–Crippen MR) is 71.6 cm³/mol. The highest BCUT2D eigenvalue weighted by atomic mass is 32.2. The molecule has 0 saturated heterocycles. The Morgan fingerprint density at radius 3 is 2.79 bits per heavy atom. The molecule has 0 amide bonds. The van der Waals surface area contributed by atoms with Crippen LogP contribution in [0.4, 0.5) is 4.39 Å². The summed E-state index contributed by atoms with van der Waals surface area (Å²) >= 11 is 0. The average Bonchev–Trinajstić information content (AvgIpc) is 2.79. The van der Waals surface area contributed by atoms with Crippen LogP contribution in [0.2, 0.25) is 0 Å². The van der Waals surface area contributed by atoms with Gasteiger partial charge in [-0.3, -0.25) is 0 Å². The van der Waals surface area contributed by atoms with Crippen LogP contribution in [-0.2, 0) is 10.0 Å². The highest BCUT2D eigenvalue weighted by Gasteiger charge is 2.30. The maximum absolute atomic E-state index is 13.2. The van der Waals surface area contributed by atoms with Crippen LogP contribution in [0.15, 0.2) is 23.1 Å². The third-order valence-electron chi connectivity index (χ3n) is 3.71. The predicted octanol–water partition coefficient (Wildman–Crippen LogP) is 1.54. The van der Waals surface area contributed by atoms with Gasteiger partial charge in [-0.2, -0.15) is 0 Å². The molecule has 3 N–H and O–H groups in total. The SMILES string of the molecule is Cc1cc(S(=O)(=O)NC2CCCC2CN)ccc1F. The number of hydrogen-bond acceptors (Lipinski definition) is 3. The van der Waals surface area contributed by atoms with Crippen LogP contribution in [0.5, 0.6) is 0 Å². The van der Waals surface area contributed by atoms with Crippen molar-refractivity contribution in [2.45, 2.75) is 37.1 Å². The Morgan fingerprint density at radius 1 is 1.42 bits per heavy atom. The highest BCUT2D eigenvalue weighted by molar-refractivity contribution is 7.89. The summed E-state index contributed by atoms with van der Waals surface area (Å²) in [6.07, 6.45) is 2.74. The van der Waals surface area contributed by atoms with E-state index in [4.69, 9.17) is 5.73 Å². The van der Waals surface area contributed by atoms with Crippen LogP contribution < -0.4 is 10.5 Å². The highest BCUT2D eigenvalue weighted by Crippen LogP contribution is 2.26. The van der Waals surface area contributed by atoms with Crippen molar-refractivity contribution in [3.8, 4) is 0 Å². The Kier molecular flexibility index (Phi) is 4.23. The normalized spacial score (nSPS) is 23.7. The largest absolute Gasteiger partial charge is 0.330 e. The van der Waals surface area contributed by atoms with Gasteiger partial charge in [0, 0.05) is 6.04 Å². The van der Waals surface area contributed by atoms with Crippen molar-refractivity contribution in [3.05, 3.63) is 29.6 Å². The second-order valence-corrected chi connectivity index (χ2v) is 6.78. The van der Waals surface area contributed by atoms with Crippen LogP contribution in [0.3, 0.4) is 0 Å². The summed E-state index contributed by atoms with van der Waals surface area (Å²) < 4.78 is 40.3. The van der Waals surface area contributed by atoms with Gasteiger partial charge < -0.3 is 5.73 Å². The zero-order valence-corrected chi connectivity index (χ0v) is 11.7. The zero-order valence-electron chi connectivity index (χ0n) is 10.9. The lowest BCUT2D eigenvalue weighted by Gasteiger charge is -2.19. The molecule has 0 heterocycles. The number of hydrogen-bond donors (Lipinski definition) is 2. The van der Waals surface area contributed by atoms with Crippen LogP contribution in [0.25, 0.3) is 0 Å². The molecule has 0 aromatic heterocycles. The number of sulfonamides is 1. The molecule has 1 fully saturated rings. The average molecular weight is 286 g/mol. The molecule has 19 heavy (non-hydrogen) atoms. The van der Waals surface area contributed by atoms with Crippen molar-refractivity contribution >= 4 is 10.0 Å². The van der Waals surface area contributed by atoms with Gasteiger partial charge in [0.1, 0.15) is 5.82 Å². The van der Waals surface area contributed by atoms with Crippen molar-refractivity contribution in [1.82, 2.24) is 4.72 Å². The standard InChI is InChI=1S/C13H19FN2O2S/c1-9-7-11(5-6-12(9)14)19(17,18)16-13-4-2-3-10(13)8-15/h5-7,10,13,16H,2-4,8,15H2,1H3. The first kappa shape index (κ1) is 14.4. The van der Waals surface area contributed by atoms with Gasteiger partial charge in [0.2, 0.25) is 10.0 Å². The van der Waals surface area contributed by atoms with Crippen molar-refractivity contribution in [2.75, 3.05) is 6.54 Å². The molecule has 1 aliphatic rings. The summed E-state index contributed by atoms with van der Waals surface area (Å²) in [7, 11) is -3.60. The first-order chi connectivity index (χ1) is 8.94. The fraction of sp³-hybridized carbons (Fsp3) is 0.538. The molecule has 1 aromatic carbocycles. The number of aryl methyl sites for hydroxylation is 1. The molecular weight excluding hydrogens is 267 g/mol. The number of rotatable bonds is 4. The number of nitrogens with one attached hydrogen (secondary N) is 1. The molecule has 2 atom stereocenters. The van der Waals surface area contributed by atoms with Crippen LogP contribution in [-0.4, -0.2) is 21.0 Å². The molecular formula is C13H19FN2O2S. The van der Waals surface area contributed by atoms with Gasteiger partial charge in [-0.15, -0.1) is 0 Å². The Hall–Kier alpha value is -0.980. The second-order valence-electron chi connectivity index (χ2n) is 5.07. The molecule has 2 unspecified atom stereocenters. The zero-order chi connectivity index (χ0) is 14.0. The van der Waals surface area contributed by atoms with E-state index in [1.807, 2.05) is 0 Å². The van der Waals surface area contributed by atoms with E-state index in [2.05, 4.69) is 4.72 Å². The summed E-state index contributed by atoms with van der Waals surface area (Å²) in [4.78, 5) is 0.106. The van der Waals surface area contributed by atoms with Crippen LogP contribution in [0, 0.1) is 18.7 Å². The van der Waals surface area contributed by atoms with E-state index < -0.39 is 15.8 Å². The Labute approximate surface area is 113 Å². The van der Waals surface area contributed by atoms with Gasteiger partial charge in [-0.1, -0.05) is 6.42 Å². The van der Waals surface area contributed by atoms with E-state index in [1.165, 1.54) is 18.2 Å². The van der Waals surface area contributed by atoms with Gasteiger partial charge in [0.05, 0.1) is 4.90 Å². The first-order valence-electron chi connectivity index (χ1n) is 6.42. The molecule has 0 spiro atoms. The minimum absolute atomic E-state index is 0.106. The van der Waals surface area contributed by atoms with Crippen LogP contribution in [0.1, 0.15) is 24.8 Å². The molecule has 4 nitrogen and oxygen atoms in total. The molecule has 6 heteroatoms. The lowest BCUT2D eigenvalue weighted by molar-refractivity contribution is 0.453. The summed E-state index contributed by atoms with van der Waals surface area (Å²) in [6.45, 7) is 2.03. The summed E-state index contributed by atoms with van der Waals surface area (Å²) in [5.74, 6) is -0.212. The fourth-order valence-corrected chi connectivity index (χ4v) is 3.95. The minimum Gasteiger partial charge on any atom is -0.330 e. The van der Waals surface area contributed by atoms with Gasteiger partial charge in [0.25, 0.3) is 0 Å². The van der Waals surface area contributed by atoms with Crippen molar-refractivity contribution in [3.63, 3.8) is 0 Å². The summed E-state index contributed by atoms with van der Waals surface area (Å²) in [5.41, 5.74) is 5.97. The van der Waals surface area contributed by atoms with E-state index in [9.17, 15) is 12.8 Å². The first-order valence-corrected chi connectivity index (χ1v) is 7.91. The molecule has 1 aromatic rings. The fourth-order valence-electron chi connectivity index (χ4n) is 2.53. The lowest BCUT2D eigenvalue weighted by atomic mass is 10.1. The Balaban J connectivity index is 2.20. The number of benzene rings is 1. The van der Waals surface area contributed by atoms with Crippen molar-refractivity contribution in [2.24, 2.45) is 11.7 Å². The summed E-state index contributed by atoms with van der Waals surface area (Å²) in [5, 5.41) is 0. The minimum atomic E-state index is -3.60. The second kappa shape index (κ2) is 5.56.